The van der Waals surface area contributed by atoms with Crippen LogP contribution >= 0.6 is 0 Å². The number of halogens is 3. The third-order valence-electron chi connectivity index (χ3n) is 2.68. The maximum absolute atomic E-state index is 12.7. The maximum atomic E-state index is 12.7. The Morgan fingerprint density at radius 2 is 1.85 bits per heavy atom. The monoisotopic (exact) mass is 279 g/mol. The van der Waals surface area contributed by atoms with Gasteiger partial charge in [-0.2, -0.15) is 18.3 Å². The summed E-state index contributed by atoms with van der Waals surface area (Å²) < 4.78 is 39.4. The normalized spacial score (nSPS) is 11.9. The zero-order valence-electron chi connectivity index (χ0n) is 9.96. The van der Waals surface area contributed by atoms with Gasteiger partial charge in [-0.3, -0.25) is 0 Å². The molecular formula is C12H8F3N5. The van der Waals surface area contributed by atoms with Crippen molar-refractivity contribution in [3.05, 3.63) is 42.4 Å². The minimum absolute atomic E-state index is 0.0222. The number of benzene rings is 1. The van der Waals surface area contributed by atoms with E-state index < -0.39 is 12.0 Å². The molecule has 0 aliphatic heterocycles. The number of nitrogen functional groups attached to an aromatic ring is 1. The Hall–Kier alpha value is -2.64. The van der Waals surface area contributed by atoms with Gasteiger partial charge in [0.2, 0.25) is 5.82 Å². The van der Waals surface area contributed by atoms with E-state index in [1.54, 1.807) is 24.4 Å². The smallest absolute Gasteiger partial charge is 0.384 e. The predicted octanol–water partition coefficient (Wildman–Crippen LogP) is 2.42. The van der Waals surface area contributed by atoms with Crippen molar-refractivity contribution in [3.8, 4) is 5.82 Å². The first-order chi connectivity index (χ1) is 9.45. The van der Waals surface area contributed by atoms with Crippen molar-refractivity contribution in [2.45, 2.75) is 6.18 Å². The number of aromatic nitrogens is 4. The van der Waals surface area contributed by atoms with Crippen LogP contribution in [0.25, 0.3) is 16.7 Å². The topological polar surface area (TPSA) is 69.6 Å². The second-order valence-electron chi connectivity index (χ2n) is 4.09. The molecule has 0 radical (unpaired) electrons. The Labute approximate surface area is 110 Å². The van der Waals surface area contributed by atoms with Crippen molar-refractivity contribution in [3.63, 3.8) is 0 Å². The fourth-order valence-corrected chi connectivity index (χ4v) is 1.84. The van der Waals surface area contributed by atoms with Crippen LogP contribution in [0.1, 0.15) is 5.82 Å². The molecule has 3 aromatic rings. The van der Waals surface area contributed by atoms with E-state index in [-0.39, 0.29) is 11.6 Å². The van der Waals surface area contributed by atoms with Gasteiger partial charge in [0.1, 0.15) is 5.82 Å². The molecule has 2 aromatic heterocycles. The van der Waals surface area contributed by atoms with Crippen LogP contribution in [0.2, 0.25) is 0 Å². The molecule has 0 atom stereocenters. The van der Waals surface area contributed by atoms with Gasteiger partial charge in [0.25, 0.3) is 0 Å². The van der Waals surface area contributed by atoms with Gasteiger partial charge in [0.15, 0.2) is 5.82 Å². The first kappa shape index (κ1) is 12.4. The molecule has 0 spiro atoms. The molecule has 1 aromatic carbocycles. The van der Waals surface area contributed by atoms with Crippen molar-refractivity contribution >= 4 is 16.7 Å². The van der Waals surface area contributed by atoms with Gasteiger partial charge in [-0.15, -0.1) is 0 Å². The second kappa shape index (κ2) is 4.19. The number of hydrogen-bond donors (Lipinski definition) is 1. The summed E-state index contributed by atoms with van der Waals surface area (Å²) in [5, 5.41) is 4.82. The minimum Gasteiger partial charge on any atom is -0.384 e. The average molecular weight is 279 g/mol. The Bertz CT molecular complexity index is 778. The minimum atomic E-state index is -4.66. The summed E-state index contributed by atoms with van der Waals surface area (Å²) in [6.45, 7) is 0. The van der Waals surface area contributed by atoms with Crippen LogP contribution < -0.4 is 5.73 Å². The molecule has 5 nitrogen and oxygen atoms in total. The number of nitrogens with zero attached hydrogens (tertiary/aromatic N) is 4. The highest BCUT2D eigenvalue weighted by Gasteiger charge is 2.35. The van der Waals surface area contributed by atoms with Gasteiger partial charge in [-0.25, -0.2) is 14.6 Å². The highest BCUT2D eigenvalue weighted by atomic mass is 19.4. The molecule has 0 unspecified atom stereocenters. The van der Waals surface area contributed by atoms with Crippen molar-refractivity contribution in [2.24, 2.45) is 0 Å². The van der Waals surface area contributed by atoms with Gasteiger partial charge in [-0.1, -0.05) is 18.2 Å². The van der Waals surface area contributed by atoms with Crippen LogP contribution in [0.5, 0.6) is 0 Å². The van der Waals surface area contributed by atoms with E-state index in [1.165, 1.54) is 10.7 Å². The summed E-state index contributed by atoms with van der Waals surface area (Å²) in [5.41, 5.74) is 6.05. The van der Waals surface area contributed by atoms with E-state index in [9.17, 15) is 13.2 Å². The number of anilines is 1. The second-order valence-corrected chi connectivity index (χ2v) is 4.09. The molecule has 2 N–H and O–H groups in total. The van der Waals surface area contributed by atoms with Crippen LogP contribution in [0, 0.1) is 0 Å². The van der Waals surface area contributed by atoms with Crippen LogP contribution in [-0.4, -0.2) is 19.7 Å². The third kappa shape index (κ3) is 2.04. The highest BCUT2D eigenvalue weighted by Crippen LogP contribution is 2.28. The SMILES string of the molecule is Nc1cc(-n2ncc3ccccc32)nc(C(F)(F)F)n1. The van der Waals surface area contributed by atoms with Crippen LogP contribution in [-0.2, 0) is 6.18 Å². The van der Waals surface area contributed by atoms with Crippen LogP contribution in [0.4, 0.5) is 19.0 Å². The first-order valence-corrected chi connectivity index (χ1v) is 5.60. The lowest BCUT2D eigenvalue weighted by molar-refractivity contribution is -0.144. The van der Waals surface area contributed by atoms with E-state index in [1.807, 2.05) is 6.07 Å². The fourth-order valence-electron chi connectivity index (χ4n) is 1.84. The van der Waals surface area contributed by atoms with Gasteiger partial charge >= 0.3 is 6.18 Å². The highest BCUT2D eigenvalue weighted by molar-refractivity contribution is 5.79. The molecule has 0 aliphatic carbocycles. The Kier molecular flexibility index (Phi) is 2.60. The summed E-state index contributed by atoms with van der Waals surface area (Å²) in [5.74, 6) is -1.57. The fraction of sp³-hybridized carbons (Fsp3) is 0.0833. The van der Waals surface area contributed by atoms with Crippen molar-refractivity contribution < 1.29 is 13.2 Å². The van der Waals surface area contributed by atoms with E-state index in [2.05, 4.69) is 15.1 Å². The summed E-state index contributed by atoms with van der Waals surface area (Å²) in [6, 6.07) is 8.34. The lowest BCUT2D eigenvalue weighted by atomic mass is 10.2. The standard InChI is InChI=1S/C12H8F3N5/c13-12(14,15)11-18-9(16)5-10(19-11)20-8-4-2-1-3-7(8)6-17-20/h1-6H,(H2,16,18,19). The lowest BCUT2D eigenvalue weighted by Crippen LogP contribution is -2.15. The molecular weight excluding hydrogens is 271 g/mol. The molecule has 8 heteroatoms. The van der Waals surface area contributed by atoms with Crippen molar-refractivity contribution in [2.75, 3.05) is 5.73 Å². The first-order valence-electron chi connectivity index (χ1n) is 5.60. The number of nitrogens with two attached hydrogens (primary N) is 1. The van der Waals surface area contributed by atoms with Crippen LogP contribution in [0.15, 0.2) is 36.5 Å². The molecule has 0 fully saturated rings. The molecule has 102 valence electrons. The van der Waals surface area contributed by atoms with Crippen LogP contribution in [0.3, 0.4) is 0 Å². The summed E-state index contributed by atoms with van der Waals surface area (Å²) in [4.78, 5) is 6.68. The molecule has 0 amide bonds. The number of rotatable bonds is 1. The number of hydrogen-bond acceptors (Lipinski definition) is 4. The zero-order chi connectivity index (χ0) is 14.3. The third-order valence-corrected chi connectivity index (χ3v) is 2.68. The number of fused-ring (bicyclic) bond motifs is 1. The quantitative estimate of drug-likeness (QED) is 0.742. The lowest BCUT2D eigenvalue weighted by Gasteiger charge is -2.08. The predicted molar refractivity (Wildman–Crippen MR) is 66.1 cm³/mol. The molecule has 0 aliphatic rings. The summed E-state index contributed by atoms with van der Waals surface area (Å²) >= 11 is 0. The van der Waals surface area contributed by atoms with Crippen molar-refractivity contribution in [1.29, 1.82) is 0 Å². The van der Waals surface area contributed by atoms with Gasteiger partial charge in [-0.05, 0) is 6.07 Å². The van der Waals surface area contributed by atoms with Crippen molar-refractivity contribution in [1.82, 2.24) is 19.7 Å². The van der Waals surface area contributed by atoms with Gasteiger partial charge < -0.3 is 5.73 Å². The van der Waals surface area contributed by atoms with E-state index >= 15 is 0 Å². The molecule has 0 saturated heterocycles. The van der Waals surface area contributed by atoms with Gasteiger partial charge in [0, 0.05) is 11.5 Å². The number of alkyl halides is 3. The summed E-state index contributed by atoms with van der Waals surface area (Å²) in [6.07, 6.45) is -3.12. The van der Waals surface area contributed by atoms with E-state index in [0.717, 1.165) is 5.39 Å². The molecule has 2 heterocycles. The Balaban J connectivity index is 2.22. The molecule has 20 heavy (non-hydrogen) atoms. The zero-order valence-corrected chi connectivity index (χ0v) is 9.96. The Morgan fingerprint density at radius 3 is 2.60 bits per heavy atom. The van der Waals surface area contributed by atoms with E-state index in [4.69, 9.17) is 5.73 Å². The number of para-hydroxylation sites is 1. The molecule has 0 bridgehead atoms. The van der Waals surface area contributed by atoms with E-state index in [0.29, 0.717) is 5.52 Å². The average Bonchev–Trinajstić information content (AvgIpc) is 2.80. The van der Waals surface area contributed by atoms with Gasteiger partial charge in [0.05, 0.1) is 11.7 Å². The maximum Gasteiger partial charge on any atom is 0.451 e. The molecule has 3 rings (SSSR count). The Morgan fingerprint density at radius 1 is 1.10 bits per heavy atom. The largest absolute Gasteiger partial charge is 0.451 e. The summed E-state index contributed by atoms with van der Waals surface area (Å²) in [7, 11) is 0. The molecule has 0 saturated carbocycles.